The van der Waals surface area contributed by atoms with Crippen molar-refractivity contribution in [1.29, 1.82) is 0 Å². The Morgan fingerprint density at radius 2 is 2.20 bits per heavy atom. The summed E-state index contributed by atoms with van der Waals surface area (Å²) >= 11 is 2.23. The molecule has 10 heavy (non-hydrogen) atoms. The van der Waals surface area contributed by atoms with E-state index in [2.05, 4.69) is 48.6 Å². The lowest BCUT2D eigenvalue weighted by Gasteiger charge is -1.95. The second kappa shape index (κ2) is 7.32. The minimum absolute atomic E-state index is 1.25. The third kappa shape index (κ3) is 6.33. The molecule has 0 bridgehead atoms. The monoisotopic (exact) mass is 250 g/mol. The molecule has 0 aromatic carbocycles. The van der Waals surface area contributed by atoms with Gasteiger partial charge >= 0.3 is 0 Å². The summed E-state index contributed by atoms with van der Waals surface area (Å²) in [7, 11) is 0. The Bertz CT molecular complexity index is 123. The van der Waals surface area contributed by atoms with Crippen LogP contribution in [0.4, 0.5) is 0 Å². The van der Waals surface area contributed by atoms with E-state index >= 15 is 0 Å². The van der Waals surface area contributed by atoms with E-state index < -0.39 is 0 Å². The molecule has 58 valence electrons. The van der Waals surface area contributed by atoms with Gasteiger partial charge in [0.2, 0.25) is 0 Å². The van der Waals surface area contributed by atoms with Crippen LogP contribution in [0.25, 0.3) is 0 Å². The summed E-state index contributed by atoms with van der Waals surface area (Å²) in [4.78, 5) is 0. The molecule has 0 fully saturated rings. The second-order valence-corrected chi connectivity index (χ2v) is 3.15. The Balaban J connectivity index is 3.49. The summed E-state index contributed by atoms with van der Waals surface area (Å²) in [6, 6.07) is 0. The number of hydrogen-bond acceptors (Lipinski definition) is 0. The smallest absolute Gasteiger partial charge is 0.0234 e. The topological polar surface area (TPSA) is 0 Å². The van der Waals surface area contributed by atoms with Gasteiger partial charge in [-0.3, -0.25) is 0 Å². The number of hydrogen-bond donors (Lipinski definition) is 0. The highest BCUT2D eigenvalue weighted by molar-refractivity contribution is 14.1. The molecule has 0 radical (unpaired) electrons. The van der Waals surface area contributed by atoms with Crippen LogP contribution in [0.15, 0.2) is 21.8 Å². The molecule has 0 spiro atoms. The van der Waals surface area contributed by atoms with E-state index in [-0.39, 0.29) is 0 Å². The van der Waals surface area contributed by atoms with Crippen molar-refractivity contribution in [2.24, 2.45) is 0 Å². The predicted molar refractivity (Wildman–Crippen MR) is 56.4 cm³/mol. The molecule has 0 aromatic rings. The highest BCUT2D eigenvalue weighted by Crippen LogP contribution is 2.05. The molecule has 0 amide bonds. The van der Waals surface area contributed by atoms with Gasteiger partial charge in [0.15, 0.2) is 0 Å². The molecular weight excluding hydrogens is 235 g/mol. The maximum Gasteiger partial charge on any atom is -0.0234 e. The van der Waals surface area contributed by atoms with Crippen molar-refractivity contribution < 1.29 is 0 Å². The van der Waals surface area contributed by atoms with Crippen LogP contribution < -0.4 is 0 Å². The first kappa shape index (κ1) is 10.2. The second-order valence-electron chi connectivity index (χ2n) is 2.44. The van der Waals surface area contributed by atoms with E-state index in [0.29, 0.717) is 0 Å². The van der Waals surface area contributed by atoms with Gasteiger partial charge in [0, 0.05) is 0 Å². The fourth-order valence-electron chi connectivity index (χ4n) is 0.740. The standard InChI is InChI=1S/C9H15I/c1-3-4-6-9(2)7-5-8-10/h5,7-8H,3-4,6H2,1-2H3. The Kier molecular flexibility index (Phi) is 7.47. The Hall–Kier alpha value is 0.210. The van der Waals surface area contributed by atoms with Crippen LogP contribution in [0.1, 0.15) is 33.1 Å². The summed E-state index contributed by atoms with van der Waals surface area (Å²) in [5, 5.41) is 0. The first-order valence-corrected chi connectivity index (χ1v) is 4.98. The zero-order chi connectivity index (χ0) is 7.82. The molecule has 0 nitrogen and oxygen atoms in total. The predicted octanol–water partition coefficient (Wildman–Crippen LogP) is 4.07. The number of allylic oxidation sites excluding steroid dienone is 3. The molecule has 0 N–H and O–H groups in total. The third-order valence-corrected chi connectivity index (χ3v) is 1.79. The van der Waals surface area contributed by atoms with Crippen LogP contribution >= 0.6 is 22.6 Å². The van der Waals surface area contributed by atoms with Gasteiger partial charge in [0.05, 0.1) is 0 Å². The van der Waals surface area contributed by atoms with Gasteiger partial charge in [-0.1, -0.05) is 53.7 Å². The zero-order valence-corrected chi connectivity index (χ0v) is 8.89. The van der Waals surface area contributed by atoms with Crippen molar-refractivity contribution in [1.82, 2.24) is 0 Å². The molecule has 0 aliphatic heterocycles. The van der Waals surface area contributed by atoms with Crippen molar-refractivity contribution in [3.63, 3.8) is 0 Å². The third-order valence-electron chi connectivity index (χ3n) is 1.38. The van der Waals surface area contributed by atoms with Crippen molar-refractivity contribution >= 4 is 22.6 Å². The number of rotatable bonds is 4. The molecule has 0 unspecified atom stereocenters. The van der Waals surface area contributed by atoms with Crippen LogP contribution in [-0.2, 0) is 0 Å². The normalized spacial score (nSPS) is 12.9. The highest BCUT2D eigenvalue weighted by Gasteiger charge is 1.85. The minimum Gasteiger partial charge on any atom is -0.0733 e. The molecular formula is C9H15I. The number of halogens is 1. The largest absolute Gasteiger partial charge is 0.0733 e. The zero-order valence-electron chi connectivity index (χ0n) is 6.73. The Labute approximate surface area is 77.5 Å². The fourth-order valence-corrected chi connectivity index (χ4v) is 0.947. The fraction of sp³-hybridized carbons (Fsp3) is 0.556. The van der Waals surface area contributed by atoms with Gasteiger partial charge < -0.3 is 0 Å². The minimum atomic E-state index is 1.25. The quantitative estimate of drug-likeness (QED) is 0.521. The molecule has 1 heteroatoms. The lowest BCUT2D eigenvalue weighted by atomic mass is 10.1. The van der Waals surface area contributed by atoms with Crippen LogP contribution in [0.3, 0.4) is 0 Å². The summed E-state index contributed by atoms with van der Waals surface area (Å²) in [6.07, 6.45) is 8.13. The van der Waals surface area contributed by atoms with Crippen LogP contribution in [-0.4, -0.2) is 0 Å². The van der Waals surface area contributed by atoms with Crippen molar-refractivity contribution in [2.75, 3.05) is 0 Å². The van der Waals surface area contributed by atoms with E-state index in [1.165, 1.54) is 24.8 Å². The molecule has 0 aliphatic carbocycles. The van der Waals surface area contributed by atoms with Crippen LogP contribution in [0.2, 0.25) is 0 Å². The lowest BCUT2D eigenvalue weighted by Crippen LogP contribution is -1.74. The molecule has 0 atom stereocenters. The van der Waals surface area contributed by atoms with E-state index in [1.807, 2.05) is 4.08 Å². The average molecular weight is 250 g/mol. The Morgan fingerprint density at radius 3 is 2.70 bits per heavy atom. The van der Waals surface area contributed by atoms with E-state index in [0.717, 1.165) is 0 Å². The van der Waals surface area contributed by atoms with Gasteiger partial charge in [-0.25, -0.2) is 0 Å². The van der Waals surface area contributed by atoms with Crippen molar-refractivity contribution in [3.8, 4) is 0 Å². The highest BCUT2D eigenvalue weighted by atomic mass is 127. The van der Waals surface area contributed by atoms with Gasteiger partial charge in [0.1, 0.15) is 0 Å². The molecule has 0 saturated heterocycles. The number of unbranched alkanes of at least 4 members (excludes halogenated alkanes) is 1. The van der Waals surface area contributed by atoms with Gasteiger partial charge in [0.25, 0.3) is 0 Å². The lowest BCUT2D eigenvalue weighted by molar-refractivity contribution is 0.787. The van der Waals surface area contributed by atoms with Crippen molar-refractivity contribution in [3.05, 3.63) is 21.8 Å². The van der Waals surface area contributed by atoms with Crippen LogP contribution in [0.5, 0.6) is 0 Å². The molecule has 0 heterocycles. The van der Waals surface area contributed by atoms with Gasteiger partial charge in [-0.2, -0.15) is 0 Å². The average Bonchev–Trinajstić information content (AvgIpc) is 1.97. The summed E-state index contributed by atoms with van der Waals surface area (Å²) in [5.74, 6) is 0. The van der Waals surface area contributed by atoms with E-state index in [1.54, 1.807) is 0 Å². The van der Waals surface area contributed by atoms with E-state index in [9.17, 15) is 0 Å². The maximum absolute atomic E-state index is 2.23. The van der Waals surface area contributed by atoms with Crippen molar-refractivity contribution in [2.45, 2.75) is 33.1 Å². The van der Waals surface area contributed by atoms with E-state index in [4.69, 9.17) is 0 Å². The first-order chi connectivity index (χ1) is 4.81. The van der Waals surface area contributed by atoms with Gasteiger partial charge in [-0.15, -0.1) is 0 Å². The van der Waals surface area contributed by atoms with Crippen LogP contribution in [0, 0.1) is 0 Å². The summed E-state index contributed by atoms with van der Waals surface area (Å²) in [6.45, 7) is 4.41. The molecule has 0 rings (SSSR count). The maximum atomic E-state index is 2.23. The SMILES string of the molecule is CCCCC(C)=CC=CI. The van der Waals surface area contributed by atoms with Gasteiger partial charge in [-0.05, 0) is 23.8 Å². The molecule has 0 aromatic heterocycles. The summed E-state index contributed by atoms with van der Waals surface area (Å²) < 4.78 is 2.03. The first-order valence-electron chi connectivity index (χ1n) is 3.73. The summed E-state index contributed by atoms with van der Waals surface area (Å²) in [5.41, 5.74) is 1.48. The molecule has 0 aliphatic rings. The Morgan fingerprint density at radius 1 is 1.50 bits per heavy atom. The molecule has 0 saturated carbocycles.